The van der Waals surface area contributed by atoms with Crippen molar-refractivity contribution in [3.8, 4) is 0 Å². The Hall–Kier alpha value is -0.0800. The van der Waals surface area contributed by atoms with Crippen LogP contribution in [0.25, 0.3) is 0 Å². The van der Waals surface area contributed by atoms with Crippen LogP contribution in [0.3, 0.4) is 0 Å². The molecule has 2 heterocycles. The summed E-state index contributed by atoms with van der Waals surface area (Å²) in [5.41, 5.74) is 1.47. The first-order chi connectivity index (χ1) is 9.59. The Morgan fingerprint density at radius 2 is 1.19 bits per heavy atom. The maximum absolute atomic E-state index is 2.68. The molecular formula is C19H36N2. The number of hydrogen-bond acceptors (Lipinski definition) is 2. The molecule has 2 heteroatoms. The van der Waals surface area contributed by atoms with Crippen LogP contribution in [-0.2, 0) is 0 Å². The molecule has 3 aliphatic rings. The predicted molar refractivity (Wildman–Crippen MR) is 90.5 cm³/mol. The Morgan fingerprint density at radius 1 is 0.714 bits per heavy atom. The molecule has 0 unspecified atom stereocenters. The molecule has 0 radical (unpaired) electrons. The molecule has 2 saturated heterocycles. The van der Waals surface area contributed by atoms with E-state index in [1.807, 2.05) is 0 Å². The summed E-state index contributed by atoms with van der Waals surface area (Å²) in [7, 11) is 0. The third kappa shape index (κ3) is 3.03. The summed E-state index contributed by atoms with van der Waals surface area (Å²) in [6, 6.07) is 0. The van der Waals surface area contributed by atoms with Crippen molar-refractivity contribution in [1.29, 1.82) is 0 Å². The standard InChI is InChI=1S/C19H36N2/c1-17(2,3)20-11-16(12-20)15-7-9-19(10-8-15)13-21(14-19)18(4,5)6/h15-16H,7-14H2,1-6H3. The predicted octanol–water partition coefficient (Wildman–Crippen LogP) is 4.01. The van der Waals surface area contributed by atoms with Gasteiger partial charge in [-0.3, -0.25) is 9.80 Å². The summed E-state index contributed by atoms with van der Waals surface area (Å²) in [6.45, 7) is 19.6. The van der Waals surface area contributed by atoms with Crippen molar-refractivity contribution in [2.24, 2.45) is 17.3 Å². The van der Waals surface area contributed by atoms with Crippen molar-refractivity contribution in [3.63, 3.8) is 0 Å². The first-order valence-corrected chi connectivity index (χ1v) is 9.09. The van der Waals surface area contributed by atoms with Crippen molar-refractivity contribution < 1.29 is 0 Å². The van der Waals surface area contributed by atoms with Gasteiger partial charge in [-0.2, -0.15) is 0 Å². The van der Waals surface area contributed by atoms with Crippen LogP contribution in [-0.4, -0.2) is 47.1 Å². The zero-order valence-electron chi connectivity index (χ0n) is 15.2. The topological polar surface area (TPSA) is 6.48 Å². The highest BCUT2D eigenvalue weighted by atomic mass is 15.3. The summed E-state index contributed by atoms with van der Waals surface area (Å²) < 4.78 is 0. The smallest absolute Gasteiger partial charge is 0.0125 e. The molecule has 0 N–H and O–H groups in total. The molecule has 0 bridgehead atoms. The van der Waals surface area contributed by atoms with Gasteiger partial charge in [0.1, 0.15) is 0 Å². The Kier molecular flexibility index (Phi) is 3.73. The van der Waals surface area contributed by atoms with E-state index in [0.717, 1.165) is 11.8 Å². The van der Waals surface area contributed by atoms with Crippen LogP contribution in [0.15, 0.2) is 0 Å². The maximum atomic E-state index is 2.68. The molecule has 2 aliphatic heterocycles. The molecule has 1 spiro atoms. The Balaban J connectivity index is 1.43. The minimum Gasteiger partial charge on any atom is -0.298 e. The van der Waals surface area contributed by atoms with Gasteiger partial charge in [-0.15, -0.1) is 0 Å². The van der Waals surface area contributed by atoms with Crippen molar-refractivity contribution >= 4 is 0 Å². The van der Waals surface area contributed by atoms with Crippen molar-refractivity contribution in [1.82, 2.24) is 9.80 Å². The van der Waals surface area contributed by atoms with Gasteiger partial charge in [0.2, 0.25) is 0 Å². The first-order valence-electron chi connectivity index (χ1n) is 9.09. The van der Waals surface area contributed by atoms with Gasteiger partial charge in [0.25, 0.3) is 0 Å². The summed E-state index contributed by atoms with van der Waals surface area (Å²) >= 11 is 0. The van der Waals surface area contributed by atoms with Crippen LogP contribution in [0.4, 0.5) is 0 Å². The molecule has 3 rings (SSSR count). The van der Waals surface area contributed by atoms with E-state index >= 15 is 0 Å². The zero-order valence-corrected chi connectivity index (χ0v) is 15.2. The van der Waals surface area contributed by atoms with E-state index in [1.54, 1.807) is 0 Å². The van der Waals surface area contributed by atoms with Gasteiger partial charge in [0, 0.05) is 37.3 Å². The minimum atomic E-state index is 0.378. The summed E-state index contributed by atoms with van der Waals surface area (Å²) in [5.74, 6) is 2.03. The summed E-state index contributed by atoms with van der Waals surface area (Å²) in [4.78, 5) is 5.34. The van der Waals surface area contributed by atoms with Gasteiger partial charge in [-0.05, 0) is 84.5 Å². The van der Waals surface area contributed by atoms with E-state index in [-0.39, 0.29) is 0 Å². The molecule has 21 heavy (non-hydrogen) atoms. The fraction of sp³-hybridized carbons (Fsp3) is 1.00. The Bertz CT molecular complexity index is 365. The van der Waals surface area contributed by atoms with Gasteiger partial charge in [-0.1, -0.05) is 0 Å². The molecular weight excluding hydrogens is 256 g/mol. The number of nitrogens with zero attached hydrogens (tertiary/aromatic N) is 2. The summed E-state index contributed by atoms with van der Waals surface area (Å²) in [5, 5.41) is 0. The van der Waals surface area contributed by atoms with Crippen molar-refractivity contribution in [2.45, 2.75) is 78.3 Å². The van der Waals surface area contributed by atoms with E-state index in [4.69, 9.17) is 0 Å². The molecule has 0 aromatic rings. The third-order valence-corrected chi connectivity index (χ3v) is 6.62. The lowest BCUT2D eigenvalue weighted by molar-refractivity contribution is -0.0997. The van der Waals surface area contributed by atoms with Gasteiger partial charge in [0.15, 0.2) is 0 Å². The second-order valence-corrected chi connectivity index (χ2v) is 10.2. The fourth-order valence-electron chi connectivity index (χ4n) is 4.64. The van der Waals surface area contributed by atoms with Gasteiger partial charge in [0.05, 0.1) is 0 Å². The lowest BCUT2D eigenvalue weighted by Crippen LogP contribution is -2.64. The van der Waals surface area contributed by atoms with Gasteiger partial charge < -0.3 is 0 Å². The van der Waals surface area contributed by atoms with Crippen LogP contribution in [0.2, 0.25) is 0 Å². The molecule has 3 fully saturated rings. The lowest BCUT2D eigenvalue weighted by atomic mass is 9.62. The molecule has 0 amide bonds. The van der Waals surface area contributed by atoms with Crippen LogP contribution in [0.1, 0.15) is 67.2 Å². The molecule has 122 valence electrons. The average Bonchev–Trinajstić information content (AvgIpc) is 2.21. The van der Waals surface area contributed by atoms with Gasteiger partial charge in [-0.25, -0.2) is 0 Å². The highest BCUT2D eigenvalue weighted by molar-refractivity contribution is 5.03. The third-order valence-electron chi connectivity index (χ3n) is 6.62. The quantitative estimate of drug-likeness (QED) is 0.720. The molecule has 0 aromatic heterocycles. The second kappa shape index (κ2) is 4.96. The maximum Gasteiger partial charge on any atom is 0.0125 e. The lowest BCUT2D eigenvalue weighted by Gasteiger charge is -2.59. The van der Waals surface area contributed by atoms with Crippen LogP contribution < -0.4 is 0 Å². The van der Waals surface area contributed by atoms with Crippen LogP contribution in [0.5, 0.6) is 0 Å². The molecule has 0 atom stereocenters. The largest absolute Gasteiger partial charge is 0.298 e. The zero-order chi connectivity index (χ0) is 15.5. The van der Waals surface area contributed by atoms with Gasteiger partial charge >= 0.3 is 0 Å². The van der Waals surface area contributed by atoms with E-state index in [2.05, 4.69) is 51.3 Å². The fourth-order valence-corrected chi connectivity index (χ4v) is 4.64. The molecule has 2 nitrogen and oxygen atoms in total. The normalized spacial score (nSPS) is 29.4. The first kappa shape index (κ1) is 15.8. The minimum absolute atomic E-state index is 0.378. The van der Waals surface area contributed by atoms with E-state index in [1.165, 1.54) is 51.9 Å². The van der Waals surface area contributed by atoms with E-state index < -0.39 is 0 Å². The second-order valence-electron chi connectivity index (χ2n) is 10.2. The Labute approximate surface area is 132 Å². The molecule has 0 aromatic carbocycles. The molecule has 1 saturated carbocycles. The highest BCUT2D eigenvalue weighted by Gasteiger charge is 2.49. The number of rotatable bonds is 1. The van der Waals surface area contributed by atoms with Crippen molar-refractivity contribution in [3.05, 3.63) is 0 Å². The van der Waals surface area contributed by atoms with Crippen LogP contribution >= 0.6 is 0 Å². The van der Waals surface area contributed by atoms with E-state index in [9.17, 15) is 0 Å². The van der Waals surface area contributed by atoms with E-state index in [0.29, 0.717) is 16.5 Å². The average molecular weight is 293 g/mol. The highest BCUT2D eigenvalue weighted by Crippen LogP contribution is 2.50. The van der Waals surface area contributed by atoms with Crippen LogP contribution in [0, 0.1) is 17.3 Å². The molecule has 1 aliphatic carbocycles. The number of hydrogen-bond donors (Lipinski definition) is 0. The monoisotopic (exact) mass is 292 g/mol. The van der Waals surface area contributed by atoms with Crippen molar-refractivity contribution in [2.75, 3.05) is 26.2 Å². The SMILES string of the molecule is CC(C)(C)N1CC(C2CCC3(CC2)CN(C(C)(C)C)C3)C1. The summed E-state index contributed by atoms with van der Waals surface area (Å²) in [6.07, 6.45) is 5.99. The number of likely N-dealkylation sites (tertiary alicyclic amines) is 2. The Morgan fingerprint density at radius 3 is 1.62 bits per heavy atom.